The molecular weight excluding hydrogens is 216 g/mol. The summed E-state index contributed by atoms with van der Waals surface area (Å²) < 4.78 is 1.04. The van der Waals surface area contributed by atoms with Crippen LogP contribution in [0.25, 0.3) is 10.1 Å². The van der Waals surface area contributed by atoms with Crippen molar-refractivity contribution >= 4 is 39.3 Å². The number of rotatable bonds is 2. The van der Waals surface area contributed by atoms with Gasteiger partial charge in [0.1, 0.15) is 0 Å². The highest BCUT2D eigenvalue weighted by molar-refractivity contribution is 7.17. The number of aldehydes is 1. The molecule has 0 saturated carbocycles. The van der Waals surface area contributed by atoms with Crippen molar-refractivity contribution < 1.29 is 4.79 Å². The summed E-state index contributed by atoms with van der Waals surface area (Å²) in [5, 5.41) is 3.81. The summed E-state index contributed by atoms with van der Waals surface area (Å²) in [5.74, 6) is 0. The molecule has 0 aliphatic heterocycles. The van der Waals surface area contributed by atoms with E-state index in [1.165, 1.54) is 0 Å². The molecule has 0 aliphatic rings. The van der Waals surface area contributed by atoms with Crippen LogP contribution in [-0.2, 0) is 6.42 Å². The first kappa shape index (κ1) is 9.69. The third-order valence-electron chi connectivity index (χ3n) is 2.30. The zero-order valence-electron chi connectivity index (χ0n) is 7.71. The van der Waals surface area contributed by atoms with Crippen LogP contribution >= 0.6 is 22.9 Å². The maximum atomic E-state index is 10.8. The lowest BCUT2D eigenvalue weighted by Gasteiger charge is -2.04. The lowest BCUT2D eigenvalue weighted by Crippen LogP contribution is -1.87. The van der Waals surface area contributed by atoms with Gasteiger partial charge in [-0.15, -0.1) is 11.3 Å². The minimum Gasteiger partial charge on any atom is -0.298 e. The van der Waals surface area contributed by atoms with E-state index >= 15 is 0 Å². The van der Waals surface area contributed by atoms with Crippen LogP contribution in [0, 0.1) is 0 Å². The summed E-state index contributed by atoms with van der Waals surface area (Å²) in [6.45, 7) is 2.07. The van der Waals surface area contributed by atoms with Crippen molar-refractivity contribution in [2.75, 3.05) is 0 Å². The van der Waals surface area contributed by atoms with Gasteiger partial charge >= 0.3 is 0 Å². The summed E-state index contributed by atoms with van der Waals surface area (Å²) in [5.41, 5.74) is 1.82. The molecule has 1 aromatic heterocycles. The highest BCUT2D eigenvalue weighted by Gasteiger charge is 2.09. The number of aryl methyl sites for hydroxylation is 1. The molecule has 0 saturated heterocycles. The summed E-state index contributed by atoms with van der Waals surface area (Å²) in [7, 11) is 0. The van der Waals surface area contributed by atoms with E-state index < -0.39 is 0 Å². The summed E-state index contributed by atoms with van der Waals surface area (Å²) in [4.78, 5) is 10.8. The number of benzene rings is 1. The fraction of sp³-hybridized carbons (Fsp3) is 0.182. The van der Waals surface area contributed by atoms with Crippen molar-refractivity contribution in [3.05, 3.63) is 33.7 Å². The molecule has 0 amide bonds. The fourth-order valence-electron chi connectivity index (χ4n) is 1.64. The molecule has 0 N–H and O–H groups in total. The second kappa shape index (κ2) is 3.71. The Bertz CT molecular complexity index is 487. The molecule has 1 heterocycles. The van der Waals surface area contributed by atoms with Gasteiger partial charge in [0.25, 0.3) is 0 Å². The Hall–Kier alpha value is -0.860. The lowest BCUT2D eigenvalue weighted by molar-refractivity contribution is 0.112. The van der Waals surface area contributed by atoms with Crippen LogP contribution < -0.4 is 0 Å². The number of carbonyl (C=O) groups excluding carboxylic acids is 1. The topological polar surface area (TPSA) is 17.1 Å². The maximum absolute atomic E-state index is 10.8. The molecule has 3 heteroatoms. The van der Waals surface area contributed by atoms with Crippen LogP contribution in [0.4, 0.5) is 0 Å². The molecule has 2 rings (SSSR count). The van der Waals surface area contributed by atoms with E-state index in [-0.39, 0.29) is 0 Å². The van der Waals surface area contributed by atoms with Gasteiger partial charge in [0.2, 0.25) is 0 Å². The number of hydrogen-bond acceptors (Lipinski definition) is 2. The second-order valence-corrected chi connectivity index (χ2v) is 4.38. The molecule has 1 aromatic carbocycles. The van der Waals surface area contributed by atoms with E-state index in [9.17, 15) is 4.79 Å². The zero-order chi connectivity index (χ0) is 10.1. The molecule has 0 radical (unpaired) electrons. The van der Waals surface area contributed by atoms with Crippen molar-refractivity contribution in [3.8, 4) is 0 Å². The summed E-state index contributed by atoms with van der Waals surface area (Å²) >= 11 is 7.68. The van der Waals surface area contributed by atoms with Crippen LogP contribution in [0.15, 0.2) is 17.5 Å². The number of thiophene rings is 1. The average molecular weight is 225 g/mol. The van der Waals surface area contributed by atoms with E-state index in [1.807, 2.05) is 11.4 Å². The average Bonchev–Trinajstić information content (AvgIpc) is 2.65. The van der Waals surface area contributed by atoms with Gasteiger partial charge in [-0.3, -0.25) is 4.79 Å². The molecule has 1 nitrogen and oxygen atoms in total. The quantitative estimate of drug-likeness (QED) is 0.707. The van der Waals surface area contributed by atoms with Crippen molar-refractivity contribution in [2.45, 2.75) is 13.3 Å². The van der Waals surface area contributed by atoms with Gasteiger partial charge in [0, 0.05) is 15.3 Å². The highest BCUT2D eigenvalue weighted by Crippen LogP contribution is 2.32. The van der Waals surface area contributed by atoms with Gasteiger partial charge in [-0.1, -0.05) is 18.5 Å². The molecule has 2 aromatic rings. The molecule has 0 aliphatic carbocycles. The number of hydrogen-bond donors (Lipinski definition) is 0. The van der Waals surface area contributed by atoms with E-state index in [0.29, 0.717) is 10.6 Å². The second-order valence-electron chi connectivity index (χ2n) is 3.06. The van der Waals surface area contributed by atoms with Gasteiger partial charge in [0.05, 0.1) is 0 Å². The molecule has 0 bridgehead atoms. The smallest absolute Gasteiger partial charge is 0.151 e. The van der Waals surface area contributed by atoms with Gasteiger partial charge in [-0.05, 0) is 34.9 Å². The molecule has 0 atom stereocenters. The Balaban J connectivity index is 2.88. The van der Waals surface area contributed by atoms with Crippen LogP contribution in [0.1, 0.15) is 22.8 Å². The van der Waals surface area contributed by atoms with Crippen LogP contribution in [0.2, 0.25) is 5.02 Å². The van der Waals surface area contributed by atoms with Crippen molar-refractivity contribution in [3.63, 3.8) is 0 Å². The van der Waals surface area contributed by atoms with Crippen LogP contribution in [0.3, 0.4) is 0 Å². The molecule has 0 spiro atoms. The Morgan fingerprint density at radius 1 is 1.57 bits per heavy atom. The highest BCUT2D eigenvalue weighted by atomic mass is 35.5. The molecule has 14 heavy (non-hydrogen) atoms. The first-order valence-electron chi connectivity index (χ1n) is 4.41. The zero-order valence-corrected chi connectivity index (χ0v) is 9.28. The largest absolute Gasteiger partial charge is 0.298 e. The predicted octanol–water partition coefficient (Wildman–Crippen LogP) is 3.93. The van der Waals surface area contributed by atoms with Crippen LogP contribution in [0.5, 0.6) is 0 Å². The van der Waals surface area contributed by atoms with Gasteiger partial charge in [0.15, 0.2) is 6.29 Å². The van der Waals surface area contributed by atoms with Gasteiger partial charge < -0.3 is 0 Å². The van der Waals surface area contributed by atoms with Crippen molar-refractivity contribution in [1.82, 2.24) is 0 Å². The van der Waals surface area contributed by atoms with E-state index in [2.05, 4.69) is 6.92 Å². The number of halogens is 1. The standard InChI is InChI=1S/C11H9ClOS/c1-2-8-9-3-4-14-11(9)7(6-13)5-10(8)12/h3-6H,2H2,1H3. The Morgan fingerprint density at radius 2 is 2.36 bits per heavy atom. The normalized spacial score (nSPS) is 10.7. The molecular formula is C11H9ClOS. The minimum absolute atomic E-state index is 0.692. The minimum atomic E-state index is 0.692. The third kappa shape index (κ3) is 1.35. The SMILES string of the molecule is CCc1c(Cl)cc(C=O)c2sccc12. The molecule has 72 valence electrons. The van der Waals surface area contributed by atoms with E-state index in [1.54, 1.807) is 17.4 Å². The van der Waals surface area contributed by atoms with E-state index in [4.69, 9.17) is 11.6 Å². The first-order valence-corrected chi connectivity index (χ1v) is 5.67. The van der Waals surface area contributed by atoms with Crippen molar-refractivity contribution in [1.29, 1.82) is 0 Å². The Morgan fingerprint density at radius 3 is 3.00 bits per heavy atom. The number of carbonyl (C=O) groups is 1. The summed E-state index contributed by atoms with van der Waals surface area (Å²) in [6.07, 6.45) is 1.76. The predicted molar refractivity (Wildman–Crippen MR) is 61.6 cm³/mol. The maximum Gasteiger partial charge on any atom is 0.151 e. The van der Waals surface area contributed by atoms with E-state index in [0.717, 1.165) is 28.4 Å². The van der Waals surface area contributed by atoms with Gasteiger partial charge in [-0.2, -0.15) is 0 Å². The number of fused-ring (bicyclic) bond motifs is 1. The third-order valence-corrected chi connectivity index (χ3v) is 3.60. The van der Waals surface area contributed by atoms with Gasteiger partial charge in [-0.25, -0.2) is 0 Å². The molecule has 0 fully saturated rings. The lowest BCUT2D eigenvalue weighted by atomic mass is 10.1. The van der Waals surface area contributed by atoms with Crippen LogP contribution in [-0.4, -0.2) is 6.29 Å². The summed E-state index contributed by atoms with van der Waals surface area (Å²) in [6, 6.07) is 3.78. The molecule has 0 unspecified atom stereocenters. The Labute approximate surface area is 91.3 Å². The van der Waals surface area contributed by atoms with Crippen molar-refractivity contribution in [2.24, 2.45) is 0 Å². The Kier molecular flexibility index (Phi) is 2.57. The first-order chi connectivity index (χ1) is 6.77. The fourth-order valence-corrected chi connectivity index (χ4v) is 2.89. The monoisotopic (exact) mass is 224 g/mol.